The SMILES string of the molecule is COc1cc(-c2nc(C(C)OC3CCCCO3)no2)c(Cl)c2c1C(=O)[C@@]1(O2)C(O)=CC(=O)C[C@H]1C. The van der Waals surface area contributed by atoms with Gasteiger partial charge in [-0.2, -0.15) is 4.98 Å². The summed E-state index contributed by atoms with van der Waals surface area (Å²) in [7, 11) is 1.40. The lowest BCUT2D eigenvalue weighted by Gasteiger charge is -2.34. The first-order valence-corrected chi connectivity index (χ1v) is 11.8. The third-order valence-corrected chi connectivity index (χ3v) is 7.02. The number of hydrogen-bond acceptors (Lipinski definition) is 10. The molecule has 35 heavy (non-hydrogen) atoms. The highest BCUT2D eigenvalue weighted by Gasteiger charge is 2.59. The summed E-state index contributed by atoms with van der Waals surface area (Å²) in [6.07, 6.45) is 3.06. The molecule has 3 aliphatic rings. The molecule has 1 saturated heterocycles. The highest BCUT2D eigenvalue weighted by Crippen LogP contribution is 2.53. The molecule has 3 heterocycles. The van der Waals surface area contributed by atoms with Crippen molar-refractivity contribution in [2.24, 2.45) is 5.92 Å². The Hall–Kier alpha value is -2.95. The molecule has 10 nitrogen and oxygen atoms in total. The van der Waals surface area contributed by atoms with Gasteiger partial charge in [-0.05, 0) is 32.3 Å². The van der Waals surface area contributed by atoms with Crippen LogP contribution in [0, 0.1) is 5.92 Å². The molecule has 0 amide bonds. The summed E-state index contributed by atoms with van der Waals surface area (Å²) < 4.78 is 28.5. The number of aromatic nitrogens is 2. The first kappa shape index (κ1) is 23.8. The third kappa shape index (κ3) is 3.80. The third-order valence-electron chi connectivity index (χ3n) is 6.64. The van der Waals surface area contributed by atoms with Crippen LogP contribution in [0.5, 0.6) is 11.5 Å². The average molecular weight is 505 g/mol. The Morgan fingerprint density at radius 2 is 2.11 bits per heavy atom. The number of allylic oxidation sites excluding steroid dienone is 1. The van der Waals surface area contributed by atoms with Crippen LogP contribution in [0.4, 0.5) is 0 Å². The number of Topliss-reactive ketones (excluding diaryl/α,β-unsaturated/α-hetero) is 1. The lowest BCUT2D eigenvalue weighted by atomic mass is 9.75. The highest BCUT2D eigenvalue weighted by molar-refractivity contribution is 6.36. The maximum atomic E-state index is 13.5. The lowest BCUT2D eigenvalue weighted by Crippen LogP contribution is -2.51. The van der Waals surface area contributed by atoms with Crippen molar-refractivity contribution in [2.45, 2.75) is 57.5 Å². The van der Waals surface area contributed by atoms with Gasteiger partial charge in [0.15, 0.2) is 17.8 Å². The molecule has 0 radical (unpaired) electrons. The molecule has 186 valence electrons. The monoisotopic (exact) mass is 504 g/mol. The number of hydrogen-bond donors (Lipinski definition) is 1. The Morgan fingerprint density at radius 3 is 2.80 bits per heavy atom. The smallest absolute Gasteiger partial charge is 0.259 e. The number of ketones is 2. The van der Waals surface area contributed by atoms with Crippen molar-refractivity contribution >= 4 is 23.2 Å². The van der Waals surface area contributed by atoms with E-state index in [1.54, 1.807) is 13.8 Å². The molecule has 2 unspecified atom stereocenters. The number of benzene rings is 1. The van der Waals surface area contributed by atoms with E-state index in [0.29, 0.717) is 12.4 Å². The summed E-state index contributed by atoms with van der Waals surface area (Å²) in [6.45, 7) is 4.11. The molecule has 1 aromatic carbocycles. The molecular weight excluding hydrogens is 480 g/mol. The minimum Gasteiger partial charge on any atom is -0.507 e. The van der Waals surface area contributed by atoms with Crippen LogP contribution in [0.25, 0.3) is 11.5 Å². The Bertz CT molecular complexity index is 1220. The largest absolute Gasteiger partial charge is 0.507 e. The van der Waals surface area contributed by atoms with Gasteiger partial charge < -0.3 is 28.6 Å². The molecule has 0 bridgehead atoms. The molecule has 2 aromatic rings. The van der Waals surface area contributed by atoms with Gasteiger partial charge in [-0.3, -0.25) is 9.59 Å². The van der Waals surface area contributed by atoms with E-state index in [0.717, 1.165) is 25.3 Å². The molecule has 4 atom stereocenters. The zero-order valence-electron chi connectivity index (χ0n) is 19.5. The summed E-state index contributed by atoms with van der Waals surface area (Å²) in [6, 6.07) is 1.51. The number of rotatable bonds is 5. The molecular formula is C24H25ClN2O8. The van der Waals surface area contributed by atoms with E-state index < -0.39 is 29.2 Å². The zero-order valence-corrected chi connectivity index (χ0v) is 20.3. The topological polar surface area (TPSA) is 130 Å². The number of halogens is 1. The molecule has 5 rings (SSSR count). The summed E-state index contributed by atoms with van der Waals surface area (Å²) in [5.74, 6) is -1.35. The van der Waals surface area contributed by atoms with Gasteiger partial charge in [-0.1, -0.05) is 23.7 Å². The van der Waals surface area contributed by atoms with Gasteiger partial charge in [0.1, 0.15) is 23.2 Å². The predicted molar refractivity (Wildman–Crippen MR) is 122 cm³/mol. The van der Waals surface area contributed by atoms with Crippen molar-refractivity contribution in [1.82, 2.24) is 10.1 Å². The Labute approximate surface area is 206 Å². The second-order valence-corrected chi connectivity index (χ2v) is 9.32. The van der Waals surface area contributed by atoms with Crippen molar-refractivity contribution in [2.75, 3.05) is 13.7 Å². The Balaban J connectivity index is 1.50. The molecule has 1 N–H and O–H groups in total. The second-order valence-electron chi connectivity index (χ2n) is 8.94. The zero-order chi connectivity index (χ0) is 24.9. The van der Waals surface area contributed by atoms with Gasteiger partial charge in [-0.25, -0.2) is 0 Å². The van der Waals surface area contributed by atoms with Crippen molar-refractivity contribution in [1.29, 1.82) is 0 Å². The van der Waals surface area contributed by atoms with Crippen molar-refractivity contribution < 1.29 is 38.2 Å². The summed E-state index contributed by atoms with van der Waals surface area (Å²) in [4.78, 5) is 29.9. The van der Waals surface area contributed by atoms with E-state index in [4.69, 9.17) is 35.1 Å². The first-order chi connectivity index (χ1) is 16.8. The van der Waals surface area contributed by atoms with Crippen LogP contribution in [-0.4, -0.2) is 52.4 Å². The van der Waals surface area contributed by atoms with Crippen LogP contribution in [0.1, 0.15) is 61.8 Å². The van der Waals surface area contributed by atoms with Gasteiger partial charge >= 0.3 is 0 Å². The van der Waals surface area contributed by atoms with Crippen LogP contribution in [0.2, 0.25) is 5.02 Å². The number of fused-ring (bicyclic) bond motifs is 1. The lowest BCUT2D eigenvalue weighted by molar-refractivity contribution is -0.187. The van der Waals surface area contributed by atoms with E-state index in [9.17, 15) is 14.7 Å². The standard InChI is InChI=1S/C24H25ClN2O8/c1-11-8-13(28)9-16(29)24(11)21(30)18-15(31-3)10-14(19(25)20(18)34-24)23-26-22(27-35-23)12(2)33-17-6-4-5-7-32-17/h9-12,17,29H,4-8H2,1-3H3/t11-,12?,17?,24+/m1/s1. The van der Waals surface area contributed by atoms with E-state index in [1.165, 1.54) is 13.2 Å². The van der Waals surface area contributed by atoms with Crippen molar-refractivity contribution in [3.05, 3.63) is 34.3 Å². The second kappa shape index (κ2) is 8.92. The molecule has 1 aromatic heterocycles. The molecule has 11 heteroatoms. The maximum Gasteiger partial charge on any atom is 0.259 e. The fourth-order valence-corrected chi connectivity index (χ4v) is 5.03. The van der Waals surface area contributed by atoms with Gasteiger partial charge in [0, 0.05) is 25.0 Å². The maximum absolute atomic E-state index is 13.5. The van der Waals surface area contributed by atoms with E-state index in [1.807, 2.05) is 0 Å². The van der Waals surface area contributed by atoms with Crippen molar-refractivity contribution in [3.63, 3.8) is 0 Å². The van der Waals surface area contributed by atoms with Gasteiger partial charge in [-0.15, -0.1) is 0 Å². The Morgan fingerprint density at radius 1 is 1.31 bits per heavy atom. The number of carbonyl (C=O) groups is 2. The summed E-state index contributed by atoms with van der Waals surface area (Å²) in [5, 5.41) is 14.7. The van der Waals surface area contributed by atoms with Gasteiger partial charge in [0.05, 0.1) is 17.7 Å². The van der Waals surface area contributed by atoms with Crippen LogP contribution < -0.4 is 9.47 Å². The molecule has 2 aliphatic heterocycles. The molecule has 1 aliphatic carbocycles. The molecule has 1 spiro atoms. The molecule has 0 saturated carbocycles. The normalized spacial score (nSPS) is 26.9. The van der Waals surface area contributed by atoms with E-state index in [-0.39, 0.29) is 52.0 Å². The number of carbonyl (C=O) groups excluding carboxylic acids is 2. The predicted octanol–water partition coefficient (Wildman–Crippen LogP) is 4.37. The van der Waals surface area contributed by atoms with Gasteiger partial charge in [0.25, 0.3) is 5.89 Å². The minimum atomic E-state index is -1.76. The fraction of sp³-hybridized carbons (Fsp3) is 0.500. The van der Waals surface area contributed by atoms with Crippen LogP contribution >= 0.6 is 11.6 Å². The number of methoxy groups -OCH3 is 1. The summed E-state index contributed by atoms with van der Waals surface area (Å²) >= 11 is 6.67. The van der Waals surface area contributed by atoms with Crippen LogP contribution in [0.3, 0.4) is 0 Å². The Kier molecular flexibility index (Phi) is 6.06. The number of nitrogens with zero attached hydrogens (tertiary/aromatic N) is 2. The number of ether oxygens (including phenoxy) is 4. The highest BCUT2D eigenvalue weighted by atomic mass is 35.5. The van der Waals surface area contributed by atoms with Crippen molar-refractivity contribution in [3.8, 4) is 23.0 Å². The average Bonchev–Trinajstić information content (AvgIpc) is 3.44. The van der Waals surface area contributed by atoms with E-state index >= 15 is 0 Å². The fourth-order valence-electron chi connectivity index (χ4n) is 4.76. The quantitative estimate of drug-likeness (QED) is 0.626. The summed E-state index contributed by atoms with van der Waals surface area (Å²) in [5.41, 5.74) is -1.39. The first-order valence-electron chi connectivity index (χ1n) is 11.5. The van der Waals surface area contributed by atoms with Crippen LogP contribution in [0.15, 0.2) is 22.4 Å². The number of aliphatic hydroxyl groups excluding tert-OH is 1. The van der Waals surface area contributed by atoms with Gasteiger partial charge in [0.2, 0.25) is 17.2 Å². The minimum absolute atomic E-state index is 0.0202. The molecule has 1 fully saturated rings. The van der Waals surface area contributed by atoms with E-state index in [2.05, 4.69) is 10.1 Å². The van der Waals surface area contributed by atoms with Crippen LogP contribution in [-0.2, 0) is 14.3 Å². The number of aliphatic hydroxyl groups is 1.